The molecule has 5 aromatic rings. The third-order valence-electron chi connectivity index (χ3n) is 11.4. The molecule has 1 aromatic heterocycles. The minimum Gasteiger partial charge on any atom is -0.588 e. The molecule has 1 aliphatic carbocycles. The number of benzene rings is 4. The first-order chi connectivity index (χ1) is 29.4. The largest absolute Gasteiger partial charge is 0.588 e. The summed E-state index contributed by atoms with van der Waals surface area (Å²) >= 11 is 10.7. The fourth-order valence-corrected chi connectivity index (χ4v) is 9.15. The summed E-state index contributed by atoms with van der Waals surface area (Å²) in [5, 5.41) is 13.9. The fourth-order valence-electron chi connectivity index (χ4n) is 8.02. The molecule has 2 unspecified atom stereocenters. The zero-order chi connectivity index (χ0) is 42.7. The van der Waals surface area contributed by atoms with Gasteiger partial charge in [-0.05, 0) is 90.4 Å². The van der Waals surface area contributed by atoms with Crippen LogP contribution >= 0.6 is 23.2 Å². The van der Waals surface area contributed by atoms with Crippen molar-refractivity contribution in [2.75, 3.05) is 64.1 Å². The molecule has 0 saturated carbocycles. The van der Waals surface area contributed by atoms with Gasteiger partial charge in [0, 0.05) is 66.6 Å². The number of H-pyrrole nitrogens is 1. The van der Waals surface area contributed by atoms with E-state index in [1.807, 2.05) is 24.3 Å². The maximum atomic E-state index is 13.9. The van der Waals surface area contributed by atoms with E-state index >= 15 is 0 Å². The molecule has 2 saturated heterocycles. The van der Waals surface area contributed by atoms with Gasteiger partial charge in [0.05, 0.1) is 41.4 Å². The van der Waals surface area contributed by atoms with E-state index in [1.165, 1.54) is 28.8 Å². The van der Waals surface area contributed by atoms with Crippen LogP contribution in [0.5, 0.6) is 17.2 Å². The number of allylic oxidation sites excluding steroid dienone is 1. The Balaban J connectivity index is 0.998. The number of piperazine rings is 1. The number of ether oxygens (including phenoxy) is 4. The number of aromatic nitrogens is 1. The number of amides is 1. The molecule has 13 nitrogen and oxygen atoms in total. The van der Waals surface area contributed by atoms with E-state index in [2.05, 4.69) is 45.5 Å². The summed E-state index contributed by atoms with van der Waals surface area (Å²) in [4.78, 5) is 33.2. The lowest BCUT2D eigenvalue weighted by atomic mass is 9.72. The van der Waals surface area contributed by atoms with Crippen LogP contribution in [0.1, 0.15) is 49.0 Å². The van der Waals surface area contributed by atoms with Crippen molar-refractivity contribution in [2.45, 2.75) is 44.1 Å². The molecule has 2 fully saturated rings. The molecule has 3 heterocycles. The number of rotatable bonds is 13. The Kier molecular flexibility index (Phi) is 13.1. The summed E-state index contributed by atoms with van der Waals surface area (Å²) in [7, 11) is 0. The minimum absolute atomic E-state index is 0.00977. The molecule has 0 spiro atoms. The highest BCUT2D eigenvalue weighted by molar-refractivity contribution is 7.90. The molecular formula is C45H47Cl2N5O8S. The average Bonchev–Trinajstić information content (AvgIpc) is 3.71. The Hall–Kier alpha value is -4.80. The number of fused-ring (bicyclic) bond motifs is 1. The van der Waals surface area contributed by atoms with Gasteiger partial charge in [0.25, 0.3) is 5.91 Å². The molecule has 2 N–H and O–H groups in total. The lowest BCUT2D eigenvalue weighted by molar-refractivity contribution is -0.386. The highest BCUT2D eigenvalue weighted by Gasteiger charge is 2.31. The number of anilines is 1. The highest BCUT2D eigenvalue weighted by atomic mass is 35.5. The normalized spacial score (nSPS) is 18.8. The van der Waals surface area contributed by atoms with Crippen molar-refractivity contribution in [3.8, 4) is 17.2 Å². The van der Waals surface area contributed by atoms with Crippen molar-refractivity contribution in [3.63, 3.8) is 0 Å². The van der Waals surface area contributed by atoms with Crippen LogP contribution in [0.4, 0.5) is 11.4 Å². The maximum absolute atomic E-state index is 13.9. The Bertz CT molecular complexity index is 2430. The third kappa shape index (κ3) is 10.3. The van der Waals surface area contributed by atoms with Gasteiger partial charge in [0.15, 0.2) is 10.6 Å². The second kappa shape index (κ2) is 18.7. The average molecular weight is 889 g/mol. The fraction of sp³-hybridized carbons (Fsp3) is 0.356. The van der Waals surface area contributed by atoms with Crippen molar-refractivity contribution in [1.29, 1.82) is 0 Å². The third-order valence-corrected chi connectivity index (χ3v) is 13.0. The van der Waals surface area contributed by atoms with Gasteiger partial charge in [-0.15, -0.1) is 0 Å². The number of nitrogens with zero attached hydrogens (tertiary/aromatic N) is 3. The van der Waals surface area contributed by atoms with Gasteiger partial charge in [0.1, 0.15) is 35.6 Å². The Morgan fingerprint density at radius 2 is 1.79 bits per heavy atom. The van der Waals surface area contributed by atoms with Gasteiger partial charge in [0.2, 0.25) is 0 Å². The number of carbonyl (C=O) groups excluding carboxylic acids is 1. The first-order valence-electron chi connectivity index (χ1n) is 20.3. The van der Waals surface area contributed by atoms with E-state index in [-0.39, 0.29) is 40.1 Å². The van der Waals surface area contributed by atoms with Gasteiger partial charge in [-0.1, -0.05) is 54.8 Å². The molecule has 0 bridgehead atoms. The van der Waals surface area contributed by atoms with Crippen LogP contribution in [0.15, 0.2) is 95.5 Å². The Labute approximate surface area is 367 Å². The van der Waals surface area contributed by atoms with E-state index in [9.17, 15) is 19.5 Å². The summed E-state index contributed by atoms with van der Waals surface area (Å²) in [5.74, 6) is -0.186. The van der Waals surface area contributed by atoms with Crippen LogP contribution in [0.3, 0.4) is 0 Å². The lowest BCUT2D eigenvalue weighted by Crippen LogP contribution is -2.47. The van der Waals surface area contributed by atoms with Crippen molar-refractivity contribution in [3.05, 3.63) is 122 Å². The number of halogens is 2. The predicted octanol–water partition coefficient (Wildman–Crippen LogP) is 9.21. The molecule has 320 valence electrons. The lowest BCUT2D eigenvalue weighted by Gasteiger charge is -2.39. The van der Waals surface area contributed by atoms with Crippen LogP contribution in [-0.2, 0) is 20.8 Å². The minimum atomic E-state index is -2.18. The molecule has 3 aliphatic rings. The number of nitro benzene ring substituents is 1. The molecule has 1 amide bonds. The molecule has 0 radical (unpaired) electrons. The quantitative estimate of drug-likeness (QED) is 0.0665. The van der Waals surface area contributed by atoms with Crippen LogP contribution in [0.2, 0.25) is 10.0 Å². The summed E-state index contributed by atoms with van der Waals surface area (Å²) in [6, 6.07) is 22.8. The van der Waals surface area contributed by atoms with E-state index in [0.29, 0.717) is 30.6 Å². The summed E-state index contributed by atoms with van der Waals surface area (Å²) in [6.07, 6.45) is 4.65. The first kappa shape index (κ1) is 42.9. The molecule has 8 rings (SSSR count). The SMILES string of the molecule is CC1(C)CCC(CN2CCN(c3ccc(C(=O)N[S+]([O-])c4ccc(OCC5COCCO5)c([N+](=O)[O-])c4)c(Oc4cc5cc[nH]c5cc4Cl)c3)CC2)=C(c2ccc(Cl)cc2)C1. The second-order valence-electron chi connectivity index (χ2n) is 16.3. The molecule has 61 heavy (non-hydrogen) atoms. The van der Waals surface area contributed by atoms with Crippen molar-refractivity contribution in [2.24, 2.45) is 5.41 Å². The molecule has 2 atom stereocenters. The molecule has 2 aliphatic heterocycles. The zero-order valence-electron chi connectivity index (χ0n) is 33.9. The zero-order valence-corrected chi connectivity index (χ0v) is 36.2. The number of aromatic amines is 1. The number of nitrogens with one attached hydrogen (secondary N) is 2. The van der Waals surface area contributed by atoms with E-state index in [0.717, 1.165) is 79.7 Å². The van der Waals surface area contributed by atoms with Crippen LogP contribution in [0, 0.1) is 15.5 Å². The Morgan fingerprint density at radius 1 is 0.984 bits per heavy atom. The van der Waals surface area contributed by atoms with E-state index in [4.69, 9.17) is 42.1 Å². The van der Waals surface area contributed by atoms with Crippen LogP contribution in [-0.4, -0.2) is 90.5 Å². The molecule has 4 aromatic carbocycles. The van der Waals surface area contributed by atoms with Crippen LogP contribution < -0.4 is 19.1 Å². The highest BCUT2D eigenvalue weighted by Crippen LogP contribution is 2.44. The number of hydrogen-bond donors (Lipinski definition) is 2. The number of hydrogen-bond acceptors (Lipinski definition) is 10. The standard InChI is InChI=1S/C45H47Cl2N5O8S/c1-45(2)13-11-31(37(25-45)29-3-5-32(46)6-4-29)26-50-15-17-51(18-16-50)33-7-9-36(42(22-33)60-43-21-30-12-14-48-39(30)24-38(43)47)44(53)49-61(56)35-8-10-41(40(23-35)52(54)55)59-28-34-27-57-19-20-58-34/h3-10,12,14,21-24,34,48H,11,13,15-20,25-28H2,1-2H3,(H,49,53). The second-order valence-corrected chi connectivity index (χ2v) is 18.3. The monoisotopic (exact) mass is 887 g/mol. The number of nitro groups is 1. The summed E-state index contributed by atoms with van der Waals surface area (Å²) < 4.78 is 39.1. The summed E-state index contributed by atoms with van der Waals surface area (Å²) in [5.41, 5.74) is 5.75. The molecule has 16 heteroatoms. The van der Waals surface area contributed by atoms with Gasteiger partial charge in [-0.3, -0.25) is 19.8 Å². The van der Waals surface area contributed by atoms with Crippen molar-refractivity contribution < 1.29 is 33.2 Å². The predicted molar refractivity (Wildman–Crippen MR) is 238 cm³/mol. The first-order valence-corrected chi connectivity index (χ1v) is 22.2. The number of carbonyl (C=O) groups is 1. The van der Waals surface area contributed by atoms with E-state index < -0.39 is 27.9 Å². The van der Waals surface area contributed by atoms with Gasteiger partial charge < -0.3 is 33.4 Å². The van der Waals surface area contributed by atoms with Gasteiger partial charge in [-0.25, -0.2) is 0 Å². The van der Waals surface area contributed by atoms with E-state index in [1.54, 1.807) is 30.5 Å². The van der Waals surface area contributed by atoms with Crippen molar-refractivity contribution >= 4 is 68.3 Å². The van der Waals surface area contributed by atoms with Crippen molar-refractivity contribution in [1.82, 2.24) is 14.6 Å². The smallest absolute Gasteiger partial charge is 0.316 e. The maximum Gasteiger partial charge on any atom is 0.316 e. The Morgan fingerprint density at radius 3 is 2.54 bits per heavy atom. The van der Waals surface area contributed by atoms with Crippen LogP contribution in [0.25, 0.3) is 16.5 Å². The topological polar surface area (TPSA) is 154 Å². The van der Waals surface area contributed by atoms with Gasteiger partial charge in [-0.2, -0.15) is 4.72 Å². The molecular weight excluding hydrogens is 841 g/mol. The van der Waals surface area contributed by atoms with Gasteiger partial charge >= 0.3 is 5.69 Å². The summed E-state index contributed by atoms with van der Waals surface area (Å²) in [6.45, 7) is 9.98.